The molecule has 61 heavy (non-hydrogen) atoms. The van der Waals surface area contributed by atoms with Gasteiger partial charge in [-0.1, -0.05) is 103 Å². The molecule has 6 N–H and O–H groups in total. The van der Waals surface area contributed by atoms with Gasteiger partial charge in [0.2, 0.25) is 17.2 Å². The Kier molecular flexibility index (Phi) is 8.19. The maximum absolute atomic E-state index is 10.9. The Hall–Kier alpha value is -7.95. The number of hydrogen-bond acceptors (Lipinski definition) is 9. The number of rotatable bonds is 6. The highest BCUT2D eigenvalue weighted by Gasteiger charge is 2.32. The number of nitrogens with zero attached hydrogens (tertiary/aromatic N) is 2. The summed E-state index contributed by atoms with van der Waals surface area (Å²) >= 11 is 1.79. The lowest BCUT2D eigenvalue weighted by atomic mass is 9.93. The minimum Gasteiger partial charge on any atom is -0.504 e. The van der Waals surface area contributed by atoms with E-state index in [1.165, 1.54) is 20.2 Å². The standard InChI is InChI=1S/C51H35N3O6S/c1-27-31(32-12-5-8-16-40(32)60-27)11-3-2-10-28-18-25-39-37(26-28)34-23-24-35-33-13-6-9-17-41(33)61-50(35)44(34)54(39)30-21-19-29(20-22-30)51-52-38-15-7-4-14-36(38)43(53-51)42-45(55)47(57)49(59)48(58)46(42)56/h2-26,38,55-59H,1H3,(H,52,53)/b10-2+,11-3-. The van der Waals surface area contributed by atoms with Crippen molar-refractivity contribution in [1.29, 1.82) is 0 Å². The van der Waals surface area contributed by atoms with Crippen LogP contribution in [0, 0.1) is 6.92 Å². The van der Waals surface area contributed by atoms with Gasteiger partial charge in [0.1, 0.15) is 17.2 Å². The monoisotopic (exact) mass is 817 g/mol. The summed E-state index contributed by atoms with van der Waals surface area (Å²) in [5, 5.41) is 62.0. The summed E-state index contributed by atoms with van der Waals surface area (Å²) in [6.45, 7) is 1.99. The third-order valence-electron chi connectivity index (χ3n) is 11.6. The molecule has 9 nitrogen and oxygen atoms in total. The van der Waals surface area contributed by atoms with E-state index < -0.39 is 34.8 Å². The predicted molar refractivity (Wildman–Crippen MR) is 246 cm³/mol. The Morgan fingerprint density at radius 3 is 2.25 bits per heavy atom. The van der Waals surface area contributed by atoms with E-state index in [1.54, 1.807) is 23.5 Å². The third-order valence-corrected chi connectivity index (χ3v) is 12.8. The van der Waals surface area contributed by atoms with Crippen molar-refractivity contribution in [2.24, 2.45) is 4.99 Å². The number of phenolic OH excluding ortho intramolecular Hbond substituents is 5. The molecule has 3 aromatic heterocycles. The first-order valence-electron chi connectivity index (χ1n) is 19.7. The van der Waals surface area contributed by atoms with Crippen LogP contribution in [-0.2, 0) is 0 Å². The molecule has 0 fully saturated rings. The number of aromatic hydroxyl groups is 5. The van der Waals surface area contributed by atoms with E-state index in [1.807, 2.05) is 61.5 Å². The molecule has 0 saturated carbocycles. The van der Waals surface area contributed by atoms with Crippen molar-refractivity contribution in [2.75, 3.05) is 0 Å². The number of allylic oxidation sites excluding steroid dienone is 4. The summed E-state index contributed by atoms with van der Waals surface area (Å²) in [7, 11) is 0. The maximum atomic E-state index is 10.9. The predicted octanol–water partition coefficient (Wildman–Crippen LogP) is 11.7. The number of benzene rings is 6. The Bertz CT molecular complexity index is 3490. The number of aliphatic imine (C=N–C) groups is 1. The number of phenols is 5. The number of nitrogens with one attached hydrogen (secondary N) is 1. The van der Waals surface area contributed by atoms with Crippen LogP contribution in [-0.4, -0.2) is 42.0 Å². The van der Waals surface area contributed by atoms with Crippen molar-refractivity contribution in [2.45, 2.75) is 13.0 Å². The Balaban J connectivity index is 1.02. The van der Waals surface area contributed by atoms with Gasteiger partial charge in [0.15, 0.2) is 11.5 Å². The Morgan fingerprint density at radius 2 is 1.43 bits per heavy atom. The van der Waals surface area contributed by atoms with Gasteiger partial charge in [-0.05, 0) is 61.0 Å². The lowest BCUT2D eigenvalue weighted by Gasteiger charge is -2.28. The largest absolute Gasteiger partial charge is 0.504 e. The van der Waals surface area contributed by atoms with Gasteiger partial charge in [-0.15, -0.1) is 11.3 Å². The lowest BCUT2D eigenvalue weighted by Crippen LogP contribution is -2.39. The van der Waals surface area contributed by atoms with Gasteiger partial charge < -0.3 is 39.8 Å². The molecule has 10 heteroatoms. The second-order valence-electron chi connectivity index (χ2n) is 15.1. The Labute approximate surface area is 352 Å². The number of thiophene rings is 1. The number of aryl methyl sites for hydroxylation is 1. The zero-order chi connectivity index (χ0) is 41.5. The van der Waals surface area contributed by atoms with Gasteiger partial charge >= 0.3 is 0 Å². The molecule has 2 aliphatic rings. The Morgan fingerprint density at radius 1 is 0.705 bits per heavy atom. The normalized spacial score (nSPS) is 15.4. The molecule has 296 valence electrons. The van der Waals surface area contributed by atoms with E-state index in [0.717, 1.165) is 60.9 Å². The lowest BCUT2D eigenvalue weighted by molar-refractivity contribution is 0.327. The second-order valence-corrected chi connectivity index (χ2v) is 16.2. The summed E-state index contributed by atoms with van der Waals surface area (Å²) < 4.78 is 10.7. The van der Waals surface area contributed by atoms with Crippen LogP contribution in [0.25, 0.3) is 76.5 Å². The average molecular weight is 818 g/mol. The van der Waals surface area contributed by atoms with Gasteiger partial charge in [0.05, 0.1) is 33.0 Å². The topological polar surface area (TPSA) is 144 Å². The van der Waals surface area contributed by atoms with Crippen LogP contribution in [0.4, 0.5) is 0 Å². The van der Waals surface area contributed by atoms with Gasteiger partial charge in [0, 0.05) is 54.0 Å². The minimum absolute atomic E-state index is 0.129. The highest BCUT2D eigenvalue weighted by Crippen LogP contribution is 2.54. The first-order valence-corrected chi connectivity index (χ1v) is 20.5. The smallest absolute Gasteiger partial charge is 0.208 e. The molecule has 1 atom stereocenters. The minimum atomic E-state index is -1.03. The summed E-state index contributed by atoms with van der Waals surface area (Å²) in [6, 6.07) is 35.2. The fraction of sp³-hybridized carbons (Fsp3) is 0.0392. The van der Waals surface area contributed by atoms with Crippen LogP contribution < -0.4 is 5.32 Å². The number of para-hydroxylation sites is 1. The van der Waals surface area contributed by atoms with Crippen molar-refractivity contribution >= 4 is 88.0 Å². The van der Waals surface area contributed by atoms with E-state index in [4.69, 9.17) is 9.41 Å². The van der Waals surface area contributed by atoms with Gasteiger partial charge in [0.25, 0.3) is 0 Å². The molecule has 1 aliphatic heterocycles. The highest BCUT2D eigenvalue weighted by molar-refractivity contribution is 7.26. The fourth-order valence-corrected chi connectivity index (χ4v) is 9.90. The van der Waals surface area contributed by atoms with Crippen LogP contribution in [0.1, 0.15) is 28.0 Å². The van der Waals surface area contributed by atoms with Crippen LogP contribution in [0.5, 0.6) is 28.7 Å². The molecule has 9 aromatic rings. The van der Waals surface area contributed by atoms with Crippen LogP contribution >= 0.6 is 11.3 Å². The van der Waals surface area contributed by atoms with E-state index in [2.05, 4.69) is 94.9 Å². The van der Waals surface area contributed by atoms with Gasteiger partial charge in [-0.2, -0.15) is 0 Å². The molecular formula is C51H35N3O6S. The average Bonchev–Trinajstić information content (AvgIpc) is 3.94. The van der Waals surface area contributed by atoms with Crippen molar-refractivity contribution in [3.05, 3.63) is 173 Å². The summed E-state index contributed by atoms with van der Waals surface area (Å²) in [4.78, 5) is 4.83. The molecule has 11 rings (SSSR count). The number of hydrogen-bond donors (Lipinski definition) is 6. The van der Waals surface area contributed by atoms with Crippen LogP contribution in [0.3, 0.4) is 0 Å². The molecule has 6 aromatic carbocycles. The van der Waals surface area contributed by atoms with Gasteiger partial charge in [-0.25, -0.2) is 4.99 Å². The SMILES string of the molecule is Cc1oc2ccccc2c1/C=C\C=C\c1ccc2c(c1)c1ccc3c4ccccc4sc3c1n2-c1ccc(C2=NC(c3c(O)c(O)c(O)c(O)c3O)=C3C=CC=CC3N2)cc1. The highest BCUT2D eigenvalue weighted by atomic mass is 32.1. The molecule has 0 spiro atoms. The molecule has 1 unspecified atom stereocenters. The van der Waals surface area contributed by atoms with E-state index in [-0.39, 0.29) is 11.3 Å². The molecule has 0 saturated heterocycles. The van der Waals surface area contributed by atoms with Crippen molar-refractivity contribution in [3.63, 3.8) is 0 Å². The number of furan rings is 1. The zero-order valence-corrected chi connectivity index (χ0v) is 33.3. The van der Waals surface area contributed by atoms with Crippen LogP contribution in [0.2, 0.25) is 0 Å². The quantitative estimate of drug-likeness (QED) is 0.0557. The molecule has 1 aliphatic carbocycles. The molecule has 0 bridgehead atoms. The maximum Gasteiger partial charge on any atom is 0.208 e. The van der Waals surface area contributed by atoms with E-state index in [9.17, 15) is 25.5 Å². The van der Waals surface area contributed by atoms with Crippen LogP contribution in [0.15, 0.2) is 155 Å². The van der Waals surface area contributed by atoms with Crippen molar-refractivity contribution in [3.8, 4) is 34.4 Å². The van der Waals surface area contributed by atoms with Crippen molar-refractivity contribution < 1.29 is 29.9 Å². The first-order chi connectivity index (χ1) is 29.7. The summed E-state index contributed by atoms with van der Waals surface area (Å²) in [5.41, 5.74) is 7.28. The molecular weight excluding hydrogens is 783 g/mol. The molecule has 0 amide bonds. The van der Waals surface area contributed by atoms with E-state index >= 15 is 0 Å². The van der Waals surface area contributed by atoms with E-state index in [0.29, 0.717) is 11.4 Å². The molecule has 0 radical (unpaired) electrons. The number of fused-ring (bicyclic) bond motifs is 9. The second kappa shape index (κ2) is 13.8. The zero-order valence-electron chi connectivity index (χ0n) is 32.5. The first kappa shape index (κ1) is 36.2. The van der Waals surface area contributed by atoms with Crippen molar-refractivity contribution in [1.82, 2.24) is 9.88 Å². The fourth-order valence-electron chi connectivity index (χ4n) is 8.66. The van der Waals surface area contributed by atoms with Gasteiger partial charge in [-0.3, -0.25) is 0 Å². The molecule has 4 heterocycles. The number of aromatic nitrogens is 1. The number of amidine groups is 1. The summed E-state index contributed by atoms with van der Waals surface area (Å²) in [6.07, 6.45) is 15.7. The summed E-state index contributed by atoms with van der Waals surface area (Å²) in [5.74, 6) is -3.22. The third kappa shape index (κ3) is 5.64.